The van der Waals surface area contributed by atoms with E-state index in [1.807, 2.05) is 6.07 Å². The highest BCUT2D eigenvalue weighted by Crippen LogP contribution is 2.08. The number of hydrogen-bond acceptors (Lipinski definition) is 4. The summed E-state index contributed by atoms with van der Waals surface area (Å²) in [4.78, 5) is 6.40. The van der Waals surface area contributed by atoms with Crippen molar-refractivity contribution in [3.8, 4) is 0 Å². The molecule has 0 spiro atoms. The van der Waals surface area contributed by atoms with Gasteiger partial charge in [-0.15, -0.1) is 0 Å². The van der Waals surface area contributed by atoms with Crippen molar-refractivity contribution in [2.45, 2.75) is 26.4 Å². The number of nitrogens with two attached hydrogens (primary N) is 1. The molecule has 15 heavy (non-hydrogen) atoms. The molecule has 0 aliphatic rings. The Morgan fingerprint density at radius 3 is 2.80 bits per heavy atom. The van der Waals surface area contributed by atoms with Crippen molar-refractivity contribution in [3.05, 3.63) is 24.0 Å². The highest BCUT2D eigenvalue weighted by Gasteiger charge is 2.09. The average Bonchev–Trinajstić information content (AvgIpc) is 2.17. The Morgan fingerprint density at radius 2 is 2.27 bits per heavy atom. The molecule has 1 aromatic heterocycles. The van der Waals surface area contributed by atoms with Crippen molar-refractivity contribution in [3.63, 3.8) is 0 Å². The first-order valence-corrected chi connectivity index (χ1v) is 5.18. The van der Waals surface area contributed by atoms with Crippen molar-refractivity contribution in [2.75, 3.05) is 18.9 Å². The molecule has 0 aromatic carbocycles. The molecule has 0 radical (unpaired) electrons. The lowest BCUT2D eigenvalue weighted by atomic mass is 10.2. The third-order valence-electron chi connectivity index (χ3n) is 2.32. The monoisotopic (exact) mass is 209 g/mol. The first-order valence-electron chi connectivity index (χ1n) is 5.18. The summed E-state index contributed by atoms with van der Waals surface area (Å²) < 4.78 is 0. The second kappa shape index (κ2) is 5.68. The zero-order valence-corrected chi connectivity index (χ0v) is 9.35. The Bertz CT molecular complexity index is 302. The number of hydrogen-bond donors (Lipinski definition) is 2. The van der Waals surface area contributed by atoms with Crippen molar-refractivity contribution in [1.82, 2.24) is 9.88 Å². The first-order chi connectivity index (χ1) is 7.13. The van der Waals surface area contributed by atoms with Crippen LogP contribution in [-0.4, -0.2) is 34.2 Å². The molecule has 0 bridgehead atoms. The summed E-state index contributed by atoms with van der Waals surface area (Å²) in [6.07, 6.45) is 1.71. The molecule has 0 aliphatic carbocycles. The summed E-state index contributed by atoms with van der Waals surface area (Å²) in [5, 5.41) is 8.93. The molecule has 1 rings (SSSR count). The van der Waals surface area contributed by atoms with Crippen LogP contribution in [0, 0.1) is 0 Å². The molecule has 1 heterocycles. The van der Waals surface area contributed by atoms with E-state index in [-0.39, 0.29) is 6.61 Å². The normalized spacial score (nSPS) is 11.3. The minimum absolute atomic E-state index is 0.167. The van der Waals surface area contributed by atoms with Gasteiger partial charge in [-0.3, -0.25) is 9.88 Å². The number of anilines is 1. The maximum absolute atomic E-state index is 8.93. The number of aromatic nitrogens is 1. The van der Waals surface area contributed by atoms with Gasteiger partial charge in [0.25, 0.3) is 0 Å². The van der Waals surface area contributed by atoms with Gasteiger partial charge in [-0.05, 0) is 26.0 Å². The van der Waals surface area contributed by atoms with Gasteiger partial charge in [-0.1, -0.05) is 0 Å². The van der Waals surface area contributed by atoms with E-state index in [4.69, 9.17) is 10.8 Å². The van der Waals surface area contributed by atoms with Crippen LogP contribution in [0.25, 0.3) is 0 Å². The lowest BCUT2D eigenvalue weighted by molar-refractivity contribution is 0.158. The summed E-state index contributed by atoms with van der Waals surface area (Å²) in [5.41, 5.74) is 7.35. The minimum atomic E-state index is 0.167. The van der Waals surface area contributed by atoms with Gasteiger partial charge < -0.3 is 10.8 Å². The van der Waals surface area contributed by atoms with E-state index < -0.39 is 0 Å². The van der Waals surface area contributed by atoms with Crippen LogP contribution in [0.5, 0.6) is 0 Å². The molecule has 4 heteroatoms. The third kappa shape index (κ3) is 3.85. The van der Waals surface area contributed by atoms with Crippen LogP contribution in [0.1, 0.15) is 19.5 Å². The second-order valence-corrected chi connectivity index (χ2v) is 3.87. The highest BCUT2D eigenvalue weighted by molar-refractivity contribution is 5.37. The number of aliphatic hydroxyl groups is 1. The Kier molecular flexibility index (Phi) is 4.52. The Morgan fingerprint density at radius 1 is 1.53 bits per heavy atom. The van der Waals surface area contributed by atoms with Crippen LogP contribution in [0.2, 0.25) is 0 Å². The van der Waals surface area contributed by atoms with Crippen LogP contribution in [0.4, 0.5) is 5.69 Å². The summed E-state index contributed by atoms with van der Waals surface area (Å²) in [7, 11) is 0. The average molecular weight is 209 g/mol. The molecule has 0 amide bonds. The molecule has 0 saturated heterocycles. The third-order valence-corrected chi connectivity index (χ3v) is 2.32. The number of rotatable bonds is 5. The van der Waals surface area contributed by atoms with Gasteiger partial charge >= 0.3 is 0 Å². The molecular formula is C11H19N3O. The van der Waals surface area contributed by atoms with Crippen LogP contribution in [-0.2, 0) is 6.54 Å². The van der Waals surface area contributed by atoms with Crippen molar-refractivity contribution < 1.29 is 5.11 Å². The van der Waals surface area contributed by atoms with Crippen molar-refractivity contribution in [1.29, 1.82) is 0 Å². The smallest absolute Gasteiger partial charge is 0.0564 e. The lowest BCUT2D eigenvalue weighted by Crippen LogP contribution is -2.33. The zero-order chi connectivity index (χ0) is 11.3. The summed E-state index contributed by atoms with van der Waals surface area (Å²) in [5.74, 6) is 0. The van der Waals surface area contributed by atoms with Crippen LogP contribution in [0.15, 0.2) is 18.3 Å². The Labute approximate surface area is 90.7 Å². The number of nitrogen functional groups attached to an aromatic ring is 1. The predicted molar refractivity (Wildman–Crippen MR) is 61.3 cm³/mol. The molecule has 3 N–H and O–H groups in total. The van der Waals surface area contributed by atoms with Gasteiger partial charge in [0.05, 0.1) is 12.3 Å². The zero-order valence-electron chi connectivity index (χ0n) is 9.35. The molecular weight excluding hydrogens is 190 g/mol. The van der Waals surface area contributed by atoms with E-state index in [9.17, 15) is 0 Å². The Balaban J connectivity index is 2.65. The van der Waals surface area contributed by atoms with Crippen molar-refractivity contribution >= 4 is 5.69 Å². The topological polar surface area (TPSA) is 62.4 Å². The molecule has 0 saturated carbocycles. The molecule has 1 aromatic rings. The Hall–Kier alpha value is -1.13. The number of aliphatic hydroxyl groups excluding tert-OH is 1. The van der Waals surface area contributed by atoms with E-state index in [1.165, 1.54) is 0 Å². The lowest BCUT2D eigenvalue weighted by Gasteiger charge is -2.25. The fourth-order valence-corrected chi connectivity index (χ4v) is 1.44. The summed E-state index contributed by atoms with van der Waals surface area (Å²) in [6.45, 7) is 5.75. The van der Waals surface area contributed by atoms with Gasteiger partial charge in [0, 0.05) is 31.0 Å². The highest BCUT2D eigenvalue weighted by atomic mass is 16.3. The summed E-state index contributed by atoms with van der Waals surface area (Å²) in [6, 6.07) is 4.03. The number of nitrogens with zero attached hydrogens (tertiary/aromatic N) is 2. The maximum Gasteiger partial charge on any atom is 0.0564 e. The van der Waals surface area contributed by atoms with E-state index in [2.05, 4.69) is 23.7 Å². The molecule has 0 fully saturated rings. The predicted octanol–water partition coefficient (Wildman–Crippen LogP) is 0.867. The molecule has 4 nitrogen and oxygen atoms in total. The fraction of sp³-hybridized carbons (Fsp3) is 0.545. The fourth-order valence-electron chi connectivity index (χ4n) is 1.44. The summed E-state index contributed by atoms with van der Waals surface area (Å²) >= 11 is 0. The molecule has 0 aliphatic heterocycles. The van der Waals surface area contributed by atoms with E-state index in [0.29, 0.717) is 12.6 Å². The van der Waals surface area contributed by atoms with Gasteiger partial charge in [0.2, 0.25) is 0 Å². The van der Waals surface area contributed by atoms with Gasteiger partial charge in [0.15, 0.2) is 0 Å². The van der Waals surface area contributed by atoms with Gasteiger partial charge in [-0.2, -0.15) is 0 Å². The first kappa shape index (κ1) is 11.9. The number of pyridine rings is 1. The SMILES string of the molecule is CC(C)N(CCO)Cc1cc(N)ccn1. The molecule has 0 unspecified atom stereocenters. The quantitative estimate of drug-likeness (QED) is 0.755. The van der Waals surface area contributed by atoms with Crippen LogP contribution in [0.3, 0.4) is 0 Å². The standard InChI is InChI=1S/C11H19N3O/c1-9(2)14(5-6-15)8-11-7-10(12)3-4-13-11/h3-4,7,9,15H,5-6,8H2,1-2H3,(H2,12,13). The second-order valence-electron chi connectivity index (χ2n) is 3.87. The molecule has 0 atom stereocenters. The molecule has 84 valence electrons. The maximum atomic E-state index is 8.93. The van der Waals surface area contributed by atoms with Crippen LogP contribution < -0.4 is 5.73 Å². The van der Waals surface area contributed by atoms with Crippen molar-refractivity contribution in [2.24, 2.45) is 0 Å². The minimum Gasteiger partial charge on any atom is -0.399 e. The van der Waals surface area contributed by atoms with E-state index >= 15 is 0 Å². The van der Waals surface area contributed by atoms with Crippen LogP contribution >= 0.6 is 0 Å². The van der Waals surface area contributed by atoms with E-state index in [1.54, 1.807) is 12.3 Å². The largest absolute Gasteiger partial charge is 0.399 e. The van der Waals surface area contributed by atoms with Gasteiger partial charge in [0.1, 0.15) is 0 Å². The van der Waals surface area contributed by atoms with E-state index in [0.717, 1.165) is 17.9 Å². The van der Waals surface area contributed by atoms with Gasteiger partial charge in [-0.25, -0.2) is 0 Å².